The van der Waals surface area contributed by atoms with Crippen molar-refractivity contribution in [3.8, 4) is 11.6 Å². The molecule has 2 aromatic heterocycles. The predicted molar refractivity (Wildman–Crippen MR) is 71.9 cm³/mol. The van der Waals surface area contributed by atoms with Crippen LogP contribution < -0.4 is 4.74 Å². The average Bonchev–Trinajstić information content (AvgIpc) is 2.73. The van der Waals surface area contributed by atoms with Crippen molar-refractivity contribution >= 4 is 21.4 Å². The first kappa shape index (κ1) is 11.2. The van der Waals surface area contributed by atoms with Crippen LogP contribution in [-0.2, 0) is 0 Å². The lowest BCUT2D eigenvalue weighted by atomic mass is 10.3. The Morgan fingerprint density at radius 2 is 2.11 bits per heavy atom. The minimum atomic E-state index is 0.546. The molecular formula is C13H10BrN3O. The van der Waals surface area contributed by atoms with Gasteiger partial charge in [-0.05, 0) is 41.1 Å². The van der Waals surface area contributed by atoms with E-state index in [1.165, 1.54) is 0 Å². The second-order valence-corrected chi connectivity index (χ2v) is 4.73. The molecule has 3 rings (SSSR count). The number of hydrogen-bond donors (Lipinski definition) is 0. The summed E-state index contributed by atoms with van der Waals surface area (Å²) in [6.07, 6.45) is 3.47. The van der Waals surface area contributed by atoms with Gasteiger partial charge in [-0.25, -0.2) is 9.50 Å². The SMILES string of the molecule is Cc1cc2c(Oc3ccccc3Br)nccn2n1. The lowest BCUT2D eigenvalue weighted by Crippen LogP contribution is -1.94. The van der Waals surface area contributed by atoms with E-state index in [0.29, 0.717) is 5.88 Å². The van der Waals surface area contributed by atoms with Crippen LogP contribution in [0.2, 0.25) is 0 Å². The first-order chi connectivity index (χ1) is 8.74. The van der Waals surface area contributed by atoms with E-state index < -0.39 is 0 Å². The molecule has 18 heavy (non-hydrogen) atoms. The van der Waals surface area contributed by atoms with Crippen molar-refractivity contribution in [2.24, 2.45) is 0 Å². The summed E-state index contributed by atoms with van der Waals surface area (Å²) in [5.74, 6) is 1.28. The first-order valence-corrected chi connectivity index (χ1v) is 6.27. The maximum Gasteiger partial charge on any atom is 0.245 e. The van der Waals surface area contributed by atoms with Gasteiger partial charge in [-0.1, -0.05) is 12.1 Å². The summed E-state index contributed by atoms with van der Waals surface area (Å²) in [6, 6.07) is 9.62. The van der Waals surface area contributed by atoms with E-state index in [0.717, 1.165) is 21.4 Å². The number of rotatable bonds is 2. The van der Waals surface area contributed by atoms with E-state index in [4.69, 9.17) is 4.74 Å². The Balaban J connectivity index is 2.07. The number of ether oxygens (including phenoxy) is 1. The van der Waals surface area contributed by atoms with Crippen LogP contribution in [0.1, 0.15) is 5.69 Å². The van der Waals surface area contributed by atoms with Gasteiger partial charge in [0, 0.05) is 12.4 Å². The number of aryl methyl sites for hydroxylation is 1. The van der Waals surface area contributed by atoms with Gasteiger partial charge in [0.2, 0.25) is 5.88 Å². The fourth-order valence-corrected chi connectivity index (χ4v) is 2.10. The van der Waals surface area contributed by atoms with Crippen LogP contribution >= 0.6 is 15.9 Å². The van der Waals surface area contributed by atoms with Crippen LogP contribution in [0.3, 0.4) is 0 Å². The predicted octanol–water partition coefficient (Wildman–Crippen LogP) is 3.59. The molecule has 0 unspecified atom stereocenters. The zero-order chi connectivity index (χ0) is 12.5. The Bertz CT molecular complexity index is 708. The van der Waals surface area contributed by atoms with Gasteiger partial charge < -0.3 is 4.74 Å². The second kappa shape index (κ2) is 4.42. The fraction of sp³-hybridized carbons (Fsp3) is 0.0769. The molecule has 0 aliphatic heterocycles. The molecule has 2 heterocycles. The third-order valence-electron chi connectivity index (χ3n) is 2.52. The van der Waals surface area contributed by atoms with E-state index in [1.54, 1.807) is 16.9 Å². The number of hydrogen-bond acceptors (Lipinski definition) is 3. The summed E-state index contributed by atoms with van der Waals surface area (Å²) in [4.78, 5) is 4.25. The molecule has 90 valence electrons. The summed E-state index contributed by atoms with van der Waals surface area (Å²) in [5.41, 5.74) is 1.78. The van der Waals surface area contributed by atoms with E-state index in [-0.39, 0.29) is 0 Å². The summed E-state index contributed by atoms with van der Waals surface area (Å²) >= 11 is 3.45. The Hall–Kier alpha value is -1.88. The molecule has 4 nitrogen and oxygen atoms in total. The van der Waals surface area contributed by atoms with Crippen molar-refractivity contribution < 1.29 is 4.74 Å². The molecule has 3 aromatic rings. The van der Waals surface area contributed by atoms with Crippen LogP contribution in [0.4, 0.5) is 0 Å². The van der Waals surface area contributed by atoms with Crippen LogP contribution in [0, 0.1) is 6.92 Å². The normalized spacial score (nSPS) is 10.8. The monoisotopic (exact) mass is 303 g/mol. The summed E-state index contributed by atoms with van der Waals surface area (Å²) < 4.78 is 8.47. The summed E-state index contributed by atoms with van der Waals surface area (Å²) in [5, 5.41) is 4.32. The Morgan fingerprint density at radius 3 is 2.94 bits per heavy atom. The topological polar surface area (TPSA) is 39.4 Å². The lowest BCUT2D eigenvalue weighted by molar-refractivity contribution is 0.462. The van der Waals surface area contributed by atoms with Gasteiger partial charge in [0.25, 0.3) is 0 Å². The molecule has 0 saturated carbocycles. The van der Waals surface area contributed by atoms with Gasteiger partial charge in [0.15, 0.2) is 0 Å². The Morgan fingerprint density at radius 1 is 1.28 bits per heavy atom. The molecule has 0 saturated heterocycles. The molecule has 0 fully saturated rings. The number of benzene rings is 1. The van der Waals surface area contributed by atoms with Crippen molar-refractivity contribution in [2.45, 2.75) is 6.92 Å². The van der Waals surface area contributed by atoms with Crippen molar-refractivity contribution in [1.82, 2.24) is 14.6 Å². The second-order valence-electron chi connectivity index (χ2n) is 3.88. The van der Waals surface area contributed by atoms with Crippen LogP contribution in [0.15, 0.2) is 47.2 Å². The highest BCUT2D eigenvalue weighted by Crippen LogP contribution is 2.30. The average molecular weight is 304 g/mol. The van der Waals surface area contributed by atoms with Crippen LogP contribution in [-0.4, -0.2) is 14.6 Å². The van der Waals surface area contributed by atoms with Gasteiger partial charge in [0.05, 0.1) is 10.2 Å². The minimum absolute atomic E-state index is 0.546. The zero-order valence-corrected chi connectivity index (χ0v) is 11.3. The van der Waals surface area contributed by atoms with Gasteiger partial charge >= 0.3 is 0 Å². The maximum absolute atomic E-state index is 5.82. The molecule has 0 N–H and O–H groups in total. The fourth-order valence-electron chi connectivity index (χ4n) is 1.73. The molecule has 0 spiro atoms. The van der Waals surface area contributed by atoms with Crippen LogP contribution in [0.5, 0.6) is 11.6 Å². The third kappa shape index (κ3) is 1.97. The number of para-hydroxylation sites is 1. The highest BCUT2D eigenvalue weighted by Gasteiger charge is 2.09. The van der Waals surface area contributed by atoms with Crippen molar-refractivity contribution in [3.05, 3.63) is 52.9 Å². The Labute approximate surface area is 112 Å². The first-order valence-electron chi connectivity index (χ1n) is 5.47. The van der Waals surface area contributed by atoms with Crippen molar-refractivity contribution in [1.29, 1.82) is 0 Å². The standard InChI is InChI=1S/C13H10BrN3O/c1-9-8-11-13(15-6-7-17(11)16-9)18-12-5-3-2-4-10(12)14/h2-8H,1H3. The highest BCUT2D eigenvalue weighted by molar-refractivity contribution is 9.10. The third-order valence-corrected chi connectivity index (χ3v) is 3.18. The van der Waals surface area contributed by atoms with Gasteiger partial charge in [-0.15, -0.1) is 0 Å². The number of nitrogens with zero attached hydrogens (tertiary/aromatic N) is 3. The zero-order valence-electron chi connectivity index (χ0n) is 9.67. The van der Waals surface area contributed by atoms with E-state index in [2.05, 4.69) is 26.0 Å². The van der Waals surface area contributed by atoms with E-state index in [9.17, 15) is 0 Å². The van der Waals surface area contributed by atoms with Crippen molar-refractivity contribution in [2.75, 3.05) is 0 Å². The molecule has 0 aliphatic carbocycles. The van der Waals surface area contributed by atoms with Gasteiger partial charge in [-0.3, -0.25) is 0 Å². The summed E-state index contributed by atoms with van der Waals surface area (Å²) in [6.45, 7) is 1.94. The molecule has 0 bridgehead atoms. The number of halogens is 1. The highest BCUT2D eigenvalue weighted by atomic mass is 79.9. The van der Waals surface area contributed by atoms with Crippen LogP contribution in [0.25, 0.3) is 5.52 Å². The van der Waals surface area contributed by atoms with Gasteiger partial charge in [-0.2, -0.15) is 5.10 Å². The Kier molecular flexibility index (Phi) is 2.76. The molecule has 0 radical (unpaired) electrons. The van der Waals surface area contributed by atoms with Crippen molar-refractivity contribution in [3.63, 3.8) is 0 Å². The molecule has 0 atom stereocenters. The number of aromatic nitrogens is 3. The maximum atomic E-state index is 5.82. The molecule has 0 amide bonds. The largest absolute Gasteiger partial charge is 0.436 e. The van der Waals surface area contributed by atoms with E-state index >= 15 is 0 Å². The summed E-state index contributed by atoms with van der Waals surface area (Å²) in [7, 11) is 0. The smallest absolute Gasteiger partial charge is 0.245 e. The molecule has 0 aliphatic rings. The van der Waals surface area contributed by atoms with Gasteiger partial charge in [0.1, 0.15) is 11.3 Å². The minimum Gasteiger partial charge on any atom is -0.436 e. The molecular weight excluding hydrogens is 294 g/mol. The quantitative estimate of drug-likeness (QED) is 0.726. The number of fused-ring (bicyclic) bond motifs is 1. The molecule has 5 heteroatoms. The molecule has 1 aromatic carbocycles. The van der Waals surface area contributed by atoms with E-state index in [1.807, 2.05) is 37.3 Å². The lowest BCUT2D eigenvalue weighted by Gasteiger charge is -2.07.